The maximum Gasteiger partial charge on any atom is 0.410 e. The molecule has 0 aliphatic rings. The molecule has 0 heterocycles. The molecule has 0 aromatic heterocycles. The van der Waals surface area contributed by atoms with Gasteiger partial charge in [0.1, 0.15) is 11.2 Å². The molecule has 0 saturated heterocycles. The highest BCUT2D eigenvalue weighted by Crippen LogP contribution is 2.33. The molecule has 0 spiro atoms. The third-order valence-corrected chi connectivity index (χ3v) is 5.70. The van der Waals surface area contributed by atoms with Crippen molar-refractivity contribution >= 4 is 18.2 Å². The van der Waals surface area contributed by atoms with Gasteiger partial charge in [0, 0.05) is 19.6 Å². The van der Waals surface area contributed by atoms with E-state index < -0.39 is 46.8 Å². The average Bonchev–Trinajstić information content (AvgIpc) is 2.76. The maximum atomic E-state index is 13.0. The number of carbonyl (C=O) groups excluding carboxylic acids is 3. The van der Waals surface area contributed by atoms with Crippen molar-refractivity contribution in [1.82, 2.24) is 10.2 Å². The summed E-state index contributed by atoms with van der Waals surface area (Å²) in [4.78, 5) is 39.1. The normalized spacial score (nSPS) is 13.8. The second-order valence-electron chi connectivity index (χ2n) is 11.9. The Hall–Kier alpha value is -2.81. The van der Waals surface area contributed by atoms with Crippen molar-refractivity contribution in [2.75, 3.05) is 20.2 Å². The topological polar surface area (TPSA) is 114 Å². The first-order chi connectivity index (χ1) is 16.9. The molecule has 2 N–H and O–H groups in total. The van der Waals surface area contributed by atoms with Crippen molar-refractivity contribution in [2.24, 2.45) is 11.3 Å². The van der Waals surface area contributed by atoms with Crippen LogP contribution in [0, 0.1) is 11.3 Å². The van der Waals surface area contributed by atoms with Crippen LogP contribution in [0.4, 0.5) is 9.59 Å². The van der Waals surface area contributed by atoms with Gasteiger partial charge in [-0.3, -0.25) is 4.79 Å². The molecular weight excluding hydrogens is 476 g/mol. The third-order valence-electron chi connectivity index (χ3n) is 5.70. The Kier molecular flexibility index (Phi) is 11.9. The van der Waals surface area contributed by atoms with E-state index in [0.29, 0.717) is 19.5 Å². The number of hydrogen-bond donors (Lipinski definition) is 2. The molecule has 0 aliphatic carbocycles. The fraction of sp³-hybridized carbons (Fsp3) is 0.679. The van der Waals surface area contributed by atoms with Gasteiger partial charge < -0.3 is 29.5 Å². The van der Waals surface area contributed by atoms with Gasteiger partial charge in [-0.15, -0.1) is 0 Å². The lowest BCUT2D eigenvalue weighted by atomic mass is 9.76. The molecule has 9 heteroatoms. The van der Waals surface area contributed by atoms with E-state index in [4.69, 9.17) is 14.2 Å². The van der Waals surface area contributed by atoms with Gasteiger partial charge in [0.25, 0.3) is 0 Å². The van der Waals surface area contributed by atoms with Crippen molar-refractivity contribution in [3.05, 3.63) is 35.9 Å². The summed E-state index contributed by atoms with van der Waals surface area (Å²) in [5, 5.41) is 13.9. The van der Waals surface area contributed by atoms with Gasteiger partial charge >= 0.3 is 18.2 Å². The molecule has 37 heavy (non-hydrogen) atoms. The van der Waals surface area contributed by atoms with E-state index in [1.54, 1.807) is 25.7 Å². The molecule has 0 radical (unpaired) electrons. The first-order valence-corrected chi connectivity index (χ1v) is 12.7. The Labute approximate surface area is 221 Å². The molecule has 1 aromatic carbocycles. The first kappa shape index (κ1) is 32.2. The number of alkyl carbamates (subject to hydrolysis) is 1. The van der Waals surface area contributed by atoms with Crippen LogP contribution in [0.2, 0.25) is 0 Å². The summed E-state index contributed by atoms with van der Waals surface area (Å²) < 4.78 is 15.8. The zero-order chi connectivity index (χ0) is 28.4. The minimum atomic E-state index is -1.09. The van der Waals surface area contributed by atoms with Crippen molar-refractivity contribution in [1.29, 1.82) is 0 Å². The van der Waals surface area contributed by atoms with E-state index in [-0.39, 0.29) is 13.0 Å². The molecule has 210 valence electrons. The van der Waals surface area contributed by atoms with Crippen LogP contribution in [-0.4, -0.2) is 65.7 Å². The number of amides is 2. The highest BCUT2D eigenvalue weighted by molar-refractivity contribution is 5.73. The van der Waals surface area contributed by atoms with Gasteiger partial charge in [-0.1, -0.05) is 44.2 Å². The van der Waals surface area contributed by atoms with Crippen LogP contribution >= 0.6 is 0 Å². The third kappa shape index (κ3) is 12.3. The van der Waals surface area contributed by atoms with E-state index in [2.05, 4.69) is 5.32 Å². The van der Waals surface area contributed by atoms with E-state index >= 15 is 0 Å². The number of nitrogens with one attached hydrogen (secondary N) is 1. The average molecular weight is 523 g/mol. The van der Waals surface area contributed by atoms with E-state index in [9.17, 15) is 19.5 Å². The highest BCUT2D eigenvalue weighted by Gasteiger charge is 2.39. The van der Waals surface area contributed by atoms with Crippen LogP contribution in [0.5, 0.6) is 0 Å². The summed E-state index contributed by atoms with van der Waals surface area (Å²) in [5.41, 5.74) is -1.11. The van der Waals surface area contributed by atoms with Crippen LogP contribution in [-0.2, 0) is 25.5 Å². The number of nitrogens with zero attached hydrogens (tertiary/aromatic N) is 1. The maximum absolute atomic E-state index is 13.0. The van der Waals surface area contributed by atoms with Crippen LogP contribution < -0.4 is 5.32 Å². The molecule has 1 rings (SSSR count). The highest BCUT2D eigenvalue weighted by atomic mass is 16.6. The number of aliphatic hydroxyl groups excluding tert-OH is 1. The summed E-state index contributed by atoms with van der Waals surface area (Å²) in [5.74, 6) is -1.45. The number of benzene rings is 1. The summed E-state index contributed by atoms with van der Waals surface area (Å²) in [7, 11) is 1.26. The number of hydrogen-bond acceptors (Lipinski definition) is 7. The van der Waals surface area contributed by atoms with Crippen molar-refractivity contribution in [3.63, 3.8) is 0 Å². The lowest BCUT2D eigenvalue weighted by Crippen LogP contribution is -2.45. The lowest BCUT2D eigenvalue weighted by molar-refractivity contribution is -0.153. The van der Waals surface area contributed by atoms with Gasteiger partial charge in [-0.05, 0) is 65.4 Å². The predicted molar refractivity (Wildman–Crippen MR) is 142 cm³/mol. The van der Waals surface area contributed by atoms with Crippen LogP contribution in [0.3, 0.4) is 0 Å². The summed E-state index contributed by atoms with van der Waals surface area (Å²) in [6.07, 6.45) is -1.58. The molecule has 1 aromatic rings. The van der Waals surface area contributed by atoms with Crippen LogP contribution in [0.1, 0.15) is 73.8 Å². The van der Waals surface area contributed by atoms with Crippen molar-refractivity contribution in [3.8, 4) is 0 Å². The zero-order valence-corrected chi connectivity index (χ0v) is 23.9. The largest absolute Gasteiger partial charge is 0.469 e. The fourth-order valence-electron chi connectivity index (χ4n) is 3.68. The molecule has 0 saturated carbocycles. The lowest BCUT2D eigenvalue weighted by Gasteiger charge is -2.37. The molecule has 0 bridgehead atoms. The summed E-state index contributed by atoms with van der Waals surface area (Å²) in [6, 6.07) is 9.58. The second kappa shape index (κ2) is 13.7. The smallest absolute Gasteiger partial charge is 0.410 e. The Morgan fingerprint density at radius 2 is 1.51 bits per heavy atom. The van der Waals surface area contributed by atoms with Crippen molar-refractivity contribution in [2.45, 2.75) is 92.1 Å². The number of carbonyl (C=O) groups is 3. The molecule has 0 aliphatic heterocycles. The summed E-state index contributed by atoms with van der Waals surface area (Å²) in [6.45, 7) is 15.2. The molecule has 9 nitrogen and oxygen atoms in total. The predicted octanol–water partition coefficient (Wildman–Crippen LogP) is 4.90. The Morgan fingerprint density at radius 3 is 2.03 bits per heavy atom. The standard InChI is InChI=1S/C28H46N2O7/c1-26(2,3)36-24(33)29-17-15-21(23(32)35-9)22(31)28(7,8)16-18-30(25(34)37-27(4,5)6)19-20-13-11-10-12-14-20/h10-14,21-22,31H,15-19H2,1-9H3,(H,29,33)/t21-,22-/m1/s1. The van der Waals surface area contributed by atoms with Gasteiger partial charge in [0.05, 0.1) is 19.1 Å². The molecule has 2 amide bonds. The molecule has 0 fully saturated rings. The Bertz CT molecular complexity index is 873. The number of aliphatic hydroxyl groups is 1. The second-order valence-corrected chi connectivity index (χ2v) is 11.9. The minimum absolute atomic E-state index is 0.125. The fourth-order valence-corrected chi connectivity index (χ4v) is 3.68. The van der Waals surface area contributed by atoms with Crippen molar-refractivity contribution < 1.29 is 33.7 Å². The van der Waals surface area contributed by atoms with E-state index in [1.165, 1.54) is 7.11 Å². The Morgan fingerprint density at radius 1 is 0.946 bits per heavy atom. The van der Waals surface area contributed by atoms with Crippen LogP contribution in [0.25, 0.3) is 0 Å². The van der Waals surface area contributed by atoms with E-state index in [1.807, 2.05) is 65.0 Å². The van der Waals surface area contributed by atoms with E-state index in [0.717, 1.165) is 5.56 Å². The number of ether oxygens (including phenoxy) is 3. The SMILES string of the molecule is COC(=O)[C@H](CCNC(=O)OC(C)(C)C)[C@@H](O)C(C)(C)CCN(Cc1ccccc1)C(=O)OC(C)(C)C. The number of methoxy groups -OCH3 is 1. The Balaban J connectivity index is 2.93. The van der Waals surface area contributed by atoms with Gasteiger partial charge in [-0.2, -0.15) is 0 Å². The first-order valence-electron chi connectivity index (χ1n) is 12.7. The number of rotatable bonds is 11. The quantitative estimate of drug-likeness (QED) is 0.314. The summed E-state index contributed by atoms with van der Waals surface area (Å²) >= 11 is 0. The van der Waals surface area contributed by atoms with Gasteiger partial charge in [0.15, 0.2) is 0 Å². The zero-order valence-electron chi connectivity index (χ0n) is 23.9. The minimum Gasteiger partial charge on any atom is -0.469 e. The van der Waals surface area contributed by atoms with Gasteiger partial charge in [0.2, 0.25) is 0 Å². The monoisotopic (exact) mass is 522 g/mol. The molecular formula is C28H46N2O7. The molecule has 0 unspecified atom stereocenters. The van der Waals surface area contributed by atoms with Crippen LogP contribution in [0.15, 0.2) is 30.3 Å². The number of esters is 1. The van der Waals surface area contributed by atoms with Gasteiger partial charge in [-0.25, -0.2) is 9.59 Å². The molecule has 2 atom stereocenters.